The molecule has 0 saturated heterocycles. The molecule has 0 saturated carbocycles. The van der Waals surface area contributed by atoms with Crippen molar-refractivity contribution >= 4 is 0 Å². The molecule has 0 radical (unpaired) electrons. The summed E-state index contributed by atoms with van der Waals surface area (Å²) in [4.78, 5) is 4.18. The van der Waals surface area contributed by atoms with Gasteiger partial charge in [0.2, 0.25) is 0 Å². The highest BCUT2D eigenvalue weighted by Crippen LogP contribution is 2.04. The Morgan fingerprint density at radius 2 is 2.31 bits per heavy atom. The second-order valence-corrected chi connectivity index (χ2v) is 3.31. The Morgan fingerprint density at radius 1 is 1.46 bits per heavy atom. The number of unbranched alkanes of at least 4 members (excludes halogenated alkanes) is 3. The van der Waals surface area contributed by atoms with Crippen LogP contribution in [0.3, 0.4) is 0 Å². The zero-order valence-electron chi connectivity index (χ0n) is 8.37. The van der Waals surface area contributed by atoms with E-state index in [0.717, 1.165) is 18.8 Å². The first-order valence-electron chi connectivity index (χ1n) is 4.93. The van der Waals surface area contributed by atoms with E-state index in [9.17, 15) is 0 Å². The van der Waals surface area contributed by atoms with Crippen molar-refractivity contribution in [3.05, 3.63) is 30.9 Å². The van der Waals surface area contributed by atoms with Crippen LogP contribution in [0.1, 0.15) is 31.5 Å². The fourth-order valence-electron chi connectivity index (χ4n) is 1.39. The fraction of sp³-hybridized carbons (Fsp3) is 0.545. The van der Waals surface area contributed by atoms with Crippen LogP contribution >= 0.6 is 0 Å². The molecule has 0 aliphatic heterocycles. The van der Waals surface area contributed by atoms with Gasteiger partial charge >= 0.3 is 0 Å². The van der Waals surface area contributed by atoms with Crippen LogP contribution in [0.15, 0.2) is 25.0 Å². The fourth-order valence-corrected chi connectivity index (χ4v) is 1.39. The minimum absolute atomic E-state index is 1.10. The molecule has 1 rings (SSSR count). The van der Waals surface area contributed by atoms with Gasteiger partial charge in [-0.05, 0) is 26.2 Å². The molecule has 0 atom stereocenters. The lowest BCUT2D eigenvalue weighted by atomic mass is 10.2. The maximum Gasteiger partial charge on any atom is 0.105 e. The van der Waals surface area contributed by atoms with Crippen LogP contribution in [0.5, 0.6) is 0 Å². The van der Waals surface area contributed by atoms with Crippen LogP contribution in [0.25, 0.3) is 0 Å². The summed E-state index contributed by atoms with van der Waals surface area (Å²) in [5, 5.41) is 0. The van der Waals surface area contributed by atoms with Crippen molar-refractivity contribution in [2.24, 2.45) is 0 Å². The first-order chi connectivity index (χ1) is 6.34. The summed E-state index contributed by atoms with van der Waals surface area (Å²) in [5.74, 6) is 1.11. The third kappa shape index (κ3) is 3.45. The number of imidazole rings is 1. The predicted molar refractivity (Wildman–Crippen MR) is 55.6 cm³/mol. The second-order valence-electron chi connectivity index (χ2n) is 3.31. The molecular formula is C11H18N2. The third-order valence-electron chi connectivity index (χ3n) is 2.23. The van der Waals surface area contributed by atoms with Crippen molar-refractivity contribution in [2.45, 2.75) is 39.2 Å². The van der Waals surface area contributed by atoms with Gasteiger partial charge in [-0.2, -0.15) is 0 Å². The maximum absolute atomic E-state index is 4.18. The highest BCUT2D eigenvalue weighted by atomic mass is 15.0. The Morgan fingerprint density at radius 3 is 2.92 bits per heavy atom. The highest BCUT2D eigenvalue weighted by Gasteiger charge is 1.95. The molecule has 2 heteroatoms. The Bertz CT molecular complexity index is 250. The van der Waals surface area contributed by atoms with E-state index in [-0.39, 0.29) is 0 Å². The normalized spacial score (nSPS) is 10.2. The minimum Gasteiger partial charge on any atom is -0.335 e. The van der Waals surface area contributed by atoms with E-state index < -0.39 is 0 Å². The molecule has 0 aromatic carbocycles. The first kappa shape index (κ1) is 10.0. The van der Waals surface area contributed by atoms with Crippen molar-refractivity contribution in [3.63, 3.8) is 0 Å². The standard InChI is InChI=1S/C11H18N2/c1-3-4-5-6-7-9-13-10-8-12-11(13)2/h3,8,10H,1,4-7,9H2,2H3. The van der Waals surface area contributed by atoms with Gasteiger partial charge in [-0.25, -0.2) is 4.98 Å². The summed E-state index contributed by atoms with van der Waals surface area (Å²) in [7, 11) is 0. The monoisotopic (exact) mass is 178 g/mol. The lowest BCUT2D eigenvalue weighted by Crippen LogP contribution is -1.98. The van der Waals surface area contributed by atoms with Crippen LogP contribution in [0.4, 0.5) is 0 Å². The lowest BCUT2D eigenvalue weighted by Gasteiger charge is -2.03. The molecule has 0 amide bonds. The van der Waals surface area contributed by atoms with E-state index in [0.29, 0.717) is 0 Å². The summed E-state index contributed by atoms with van der Waals surface area (Å²) in [5.41, 5.74) is 0. The number of rotatable bonds is 6. The Labute approximate surface area is 80.3 Å². The van der Waals surface area contributed by atoms with Gasteiger partial charge in [-0.1, -0.05) is 12.5 Å². The molecule has 1 aromatic heterocycles. The molecule has 13 heavy (non-hydrogen) atoms. The van der Waals surface area contributed by atoms with Gasteiger partial charge in [0, 0.05) is 18.9 Å². The molecule has 0 aliphatic rings. The summed E-state index contributed by atoms with van der Waals surface area (Å²) < 4.78 is 2.20. The van der Waals surface area contributed by atoms with Crippen LogP contribution in [0, 0.1) is 6.92 Å². The van der Waals surface area contributed by atoms with E-state index in [2.05, 4.69) is 16.1 Å². The first-order valence-corrected chi connectivity index (χ1v) is 4.93. The average Bonchev–Trinajstić information content (AvgIpc) is 2.52. The van der Waals surface area contributed by atoms with Crippen molar-refractivity contribution < 1.29 is 0 Å². The van der Waals surface area contributed by atoms with Gasteiger partial charge in [0.15, 0.2) is 0 Å². The van der Waals surface area contributed by atoms with Gasteiger partial charge in [0.05, 0.1) is 0 Å². The molecule has 0 fully saturated rings. The number of hydrogen-bond donors (Lipinski definition) is 0. The van der Waals surface area contributed by atoms with Crippen LogP contribution in [-0.2, 0) is 6.54 Å². The average molecular weight is 178 g/mol. The molecule has 1 heterocycles. The number of aryl methyl sites for hydroxylation is 2. The van der Waals surface area contributed by atoms with E-state index in [1.807, 2.05) is 25.4 Å². The third-order valence-corrected chi connectivity index (χ3v) is 2.23. The minimum atomic E-state index is 1.10. The number of aromatic nitrogens is 2. The topological polar surface area (TPSA) is 17.8 Å². The van der Waals surface area contributed by atoms with Crippen molar-refractivity contribution in [2.75, 3.05) is 0 Å². The van der Waals surface area contributed by atoms with Crippen LogP contribution < -0.4 is 0 Å². The van der Waals surface area contributed by atoms with Gasteiger partial charge in [0.1, 0.15) is 5.82 Å². The molecule has 2 nitrogen and oxygen atoms in total. The molecular weight excluding hydrogens is 160 g/mol. The largest absolute Gasteiger partial charge is 0.335 e. The summed E-state index contributed by atoms with van der Waals surface area (Å²) >= 11 is 0. The van der Waals surface area contributed by atoms with Crippen molar-refractivity contribution in [1.29, 1.82) is 0 Å². The molecule has 0 bridgehead atoms. The molecule has 0 N–H and O–H groups in total. The van der Waals surface area contributed by atoms with Crippen molar-refractivity contribution in [1.82, 2.24) is 9.55 Å². The zero-order chi connectivity index (χ0) is 9.52. The quantitative estimate of drug-likeness (QED) is 0.483. The molecule has 0 spiro atoms. The van der Waals surface area contributed by atoms with E-state index in [1.165, 1.54) is 19.3 Å². The smallest absolute Gasteiger partial charge is 0.105 e. The Balaban J connectivity index is 2.13. The zero-order valence-corrected chi connectivity index (χ0v) is 8.37. The van der Waals surface area contributed by atoms with Gasteiger partial charge in [-0.15, -0.1) is 6.58 Å². The van der Waals surface area contributed by atoms with Crippen LogP contribution in [0.2, 0.25) is 0 Å². The second kappa shape index (κ2) is 5.57. The molecule has 0 unspecified atom stereocenters. The Hall–Kier alpha value is -1.05. The predicted octanol–water partition coefficient (Wildman–Crippen LogP) is 2.94. The molecule has 0 aliphatic carbocycles. The summed E-state index contributed by atoms with van der Waals surface area (Å²) in [6.45, 7) is 6.85. The summed E-state index contributed by atoms with van der Waals surface area (Å²) in [6.07, 6.45) is 10.8. The van der Waals surface area contributed by atoms with E-state index >= 15 is 0 Å². The van der Waals surface area contributed by atoms with Crippen molar-refractivity contribution in [3.8, 4) is 0 Å². The number of allylic oxidation sites excluding steroid dienone is 1. The van der Waals surface area contributed by atoms with Gasteiger partial charge in [-0.3, -0.25) is 0 Å². The Kier molecular flexibility index (Phi) is 4.30. The number of hydrogen-bond acceptors (Lipinski definition) is 1. The lowest BCUT2D eigenvalue weighted by molar-refractivity contribution is 0.580. The highest BCUT2D eigenvalue weighted by molar-refractivity contribution is 4.87. The van der Waals surface area contributed by atoms with E-state index in [1.54, 1.807) is 0 Å². The SMILES string of the molecule is C=CCCCCCn1ccnc1C. The summed E-state index contributed by atoms with van der Waals surface area (Å²) in [6, 6.07) is 0. The van der Waals surface area contributed by atoms with Crippen LogP contribution in [-0.4, -0.2) is 9.55 Å². The van der Waals surface area contributed by atoms with Gasteiger partial charge in [0.25, 0.3) is 0 Å². The molecule has 1 aromatic rings. The van der Waals surface area contributed by atoms with E-state index in [4.69, 9.17) is 0 Å². The number of nitrogens with zero attached hydrogens (tertiary/aromatic N) is 2. The van der Waals surface area contributed by atoms with Gasteiger partial charge < -0.3 is 4.57 Å². The molecule has 72 valence electrons. The maximum atomic E-state index is 4.18.